The smallest absolute Gasteiger partial charge is 0.0244 e. The van der Waals surface area contributed by atoms with Gasteiger partial charge in [-0.1, -0.05) is 47.0 Å². The Hall–Kier alpha value is -0.0800. The van der Waals surface area contributed by atoms with E-state index in [-0.39, 0.29) is 0 Å². The SMILES string of the molecule is CC1(CN2CCNC(C(C)(C)C)C2)CCCCC1. The summed E-state index contributed by atoms with van der Waals surface area (Å²) in [6.45, 7) is 14.5. The van der Waals surface area contributed by atoms with Gasteiger partial charge in [0.05, 0.1) is 0 Å². The maximum Gasteiger partial charge on any atom is 0.0244 e. The average Bonchev–Trinajstić information content (AvgIpc) is 2.28. The van der Waals surface area contributed by atoms with Crippen LogP contribution in [0.5, 0.6) is 0 Å². The molecule has 106 valence electrons. The molecule has 1 atom stereocenters. The molecule has 1 unspecified atom stereocenters. The fourth-order valence-electron chi connectivity index (χ4n) is 3.64. The second kappa shape index (κ2) is 5.50. The first-order valence-electron chi connectivity index (χ1n) is 7.85. The molecule has 0 amide bonds. The van der Waals surface area contributed by atoms with Crippen LogP contribution in [0.15, 0.2) is 0 Å². The van der Waals surface area contributed by atoms with E-state index in [0.717, 1.165) is 6.54 Å². The zero-order valence-electron chi connectivity index (χ0n) is 12.9. The first-order chi connectivity index (χ1) is 8.39. The van der Waals surface area contributed by atoms with Gasteiger partial charge in [-0.3, -0.25) is 4.90 Å². The Morgan fingerprint density at radius 2 is 1.83 bits per heavy atom. The van der Waals surface area contributed by atoms with Crippen LogP contribution in [0.1, 0.15) is 59.8 Å². The predicted molar refractivity (Wildman–Crippen MR) is 78.9 cm³/mol. The molecule has 1 heterocycles. The highest BCUT2D eigenvalue weighted by molar-refractivity contribution is 4.90. The lowest BCUT2D eigenvalue weighted by atomic mass is 9.75. The maximum atomic E-state index is 3.70. The van der Waals surface area contributed by atoms with Gasteiger partial charge in [-0.2, -0.15) is 0 Å². The third kappa shape index (κ3) is 3.71. The van der Waals surface area contributed by atoms with E-state index in [0.29, 0.717) is 16.9 Å². The summed E-state index contributed by atoms with van der Waals surface area (Å²) in [5.41, 5.74) is 0.976. The van der Waals surface area contributed by atoms with E-state index < -0.39 is 0 Å². The summed E-state index contributed by atoms with van der Waals surface area (Å²) in [4.78, 5) is 2.72. The molecule has 2 heteroatoms. The van der Waals surface area contributed by atoms with Gasteiger partial charge in [0.1, 0.15) is 0 Å². The van der Waals surface area contributed by atoms with Gasteiger partial charge < -0.3 is 5.32 Å². The second-order valence-corrected chi connectivity index (χ2v) is 7.98. The molecule has 2 fully saturated rings. The second-order valence-electron chi connectivity index (χ2n) is 7.98. The molecule has 1 N–H and O–H groups in total. The Kier molecular flexibility index (Phi) is 4.38. The molecular formula is C16H32N2. The summed E-state index contributed by atoms with van der Waals surface area (Å²) in [5, 5.41) is 3.70. The molecule has 0 radical (unpaired) electrons. The maximum absolute atomic E-state index is 3.70. The zero-order chi connectivity index (χ0) is 13.2. The van der Waals surface area contributed by atoms with Crippen LogP contribution in [-0.4, -0.2) is 37.1 Å². The molecule has 0 aromatic heterocycles. The van der Waals surface area contributed by atoms with E-state index in [9.17, 15) is 0 Å². The number of hydrogen-bond acceptors (Lipinski definition) is 2. The summed E-state index contributed by atoms with van der Waals surface area (Å²) in [6.07, 6.45) is 7.24. The van der Waals surface area contributed by atoms with Crippen LogP contribution in [0.3, 0.4) is 0 Å². The van der Waals surface area contributed by atoms with Crippen molar-refractivity contribution in [2.45, 2.75) is 65.8 Å². The van der Waals surface area contributed by atoms with Crippen molar-refractivity contribution < 1.29 is 0 Å². The van der Waals surface area contributed by atoms with Gasteiger partial charge in [-0.05, 0) is 23.7 Å². The minimum Gasteiger partial charge on any atom is -0.311 e. The van der Waals surface area contributed by atoms with Crippen molar-refractivity contribution in [1.29, 1.82) is 0 Å². The molecule has 0 aromatic carbocycles. The molecule has 2 nitrogen and oxygen atoms in total. The van der Waals surface area contributed by atoms with E-state index in [1.165, 1.54) is 51.7 Å². The van der Waals surface area contributed by atoms with Crippen molar-refractivity contribution >= 4 is 0 Å². The molecule has 1 aliphatic carbocycles. The van der Waals surface area contributed by atoms with Crippen LogP contribution in [0.2, 0.25) is 0 Å². The lowest BCUT2D eigenvalue weighted by Gasteiger charge is -2.45. The molecule has 0 spiro atoms. The molecule has 1 aliphatic heterocycles. The highest BCUT2D eigenvalue weighted by atomic mass is 15.2. The van der Waals surface area contributed by atoms with E-state index in [1.54, 1.807) is 0 Å². The van der Waals surface area contributed by atoms with Crippen LogP contribution in [0.25, 0.3) is 0 Å². The van der Waals surface area contributed by atoms with Crippen LogP contribution in [0, 0.1) is 10.8 Å². The largest absolute Gasteiger partial charge is 0.311 e. The summed E-state index contributed by atoms with van der Waals surface area (Å²) < 4.78 is 0. The highest BCUT2D eigenvalue weighted by Crippen LogP contribution is 2.37. The normalized spacial score (nSPS) is 30.3. The number of piperazine rings is 1. The van der Waals surface area contributed by atoms with Gasteiger partial charge in [-0.15, -0.1) is 0 Å². The quantitative estimate of drug-likeness (QED) is 0.811. The zero-order valence-corrected chi connectivity index (χ0v) is 12.9. The first-order valence-corrected chi connectivity index (χ1v) is 7.85. The van der Waals surface area contributed by atoms with E-state index in [4.69, 9.17) is 0 Å². The minimum absolute atomic E-state index is 0.381. The Bertz CT molecular complexity index is 261. The lowest BCUT2D eigenvalue weighted by molar-refractivity contribution is 0.0735. The van der Waals surface area contributed by atoms with Gasteiger partial charge in [0.15, 0.2) is 0 Å². The molecule has 2 rings (SSSR count). The summed E-state index contributed by atoms with van der Waals surface area (Å²) >= 11 is 0. The van der Waals surface area contributed by atoms with Gasteiger partial charge in [-0.25, -0.2) is 0 Å². The van der Waals surface area contributed by atoms with Crippen molar-refractivity contribution in [3.05, 3.63) is 0 Å². The Morgan fingerprint density at radius 1 is 1.17 bits per heavy atom. The van der Waals surface area contributed by atoms with Crippen molar-refractivity contribution in [2.24, 2.45) is 10.8 Å². The van der Waals surface area contributed by atoms with Gasteiger partial charge in [0, 0.05) is 32.2 Å². The summed E-state index contributed by atoms with van der Waals surface area (Å²) in [5.74, 6) is 0. The van der Waals surface area contributed by atoms with E-state index in [2.05, 4.69) is 37.9 Å². The topological polar surface area (TPSA) is 15.3 Å². The van der Waals surface area contributed by atoms with Crippen molar-refractivity contribution in [3.8, 4) is 0 Å². The molecule has 2 aliphatic rings. The standard InChI is InChI=1S/C16H32N2/c1-15(2,3)14-12-18(11-10-17-14)13-16(4)8-6-5-7-9-16/h14,17H,5-13H2,1-4H3. The van der Waals surface area contributed by atoms with Crippen LogP contribution < -0.4 is 5.32 Å². The van der Waals surface area contributed by atoms with Crippen molar-refractivity contribution in [3.63, 3.8) is 0 Å². The van der Waals surface area contributed by atoms with Crippen LogP contribution >= 0.6 is 0 Å². The van der Waals surface area contributed by atoms with Gasteiger partial charge >= 0.3 is 0 Å². The van der Waals surface area contributed by atoms with Gasteiger partial charge in [0.2, 0.25) is 0 Å². The van der Waals surface area contributed by atoms with Gasteiger partial charge in [0.25, 0.3) is 0 Å². The average molecular weight is 252 g/mol. The number of nitrogens with zero attached hydrogens (tertiary/aromatic N) is 1. The van der Waals surface area contributed by atoms with Crippen molar-refractivity contribution in [1.82, 2.24) is 10.2 Å². The van der Waals surface area contributed by atoms with E-state index >= 15 is 0 Å². The third-order valence-electron chi connectivity index (χ3n) is 4.97. The number of nitrogens with one attached hydrogen (secondary N) is 1. The summed E-state index contributed by atoms with van der Waals surface area (Å²) in [6, 6.07) is 0.651. The Labute approximate surface area is 114 Å². The lowest BCUT2D eigenvalue weighted by Crippen LogP contribution is -2.57. The first kappa shape index (κ1) is 14.3. The minimum atomic E-state index is 0.381. The highest BCUT2D eigenvalue weighted by Gasteiger charge is 2.33. The fraction of sp³-hybridized carbons (Fsp3) is 1.00. The molecule has 0 aromatic rings. The Morgan fingerprint density at radius 3 is 2.44 bits per heavy atom. The molecule has 1 saturated carbocycles. The molecule has 1 saturated heterocycles. The third-order valence-corrected chi connectivity index (χ3v) is 4.97. The molecule has 18 heavy (non-hydrogen) atoms. The summed E-state index contributed by atoms with van der Waals surface area (Å²) in [7, 11) is 0. The number of rotatable bonds is 2. The van der Waals surface area contributed by atoms with Crippen LogP contribution in [-0.2, 0) is 0 Å². The monoisotopic (exact) mass is 252 g/mol. The molecule has 0 bridgehead atoms. The Balaban J connectivity index is 1.89. The predicted octanol–water partition coefficient (Wildman–Crippen LogP) is 3.28. The fourth-order valence-corrected chi connectivity index (χ4v) is 3.64. The number of hydrogen-bond donors (Lipinski definition) is 1. The van der Waals surface area contributed by atoms with Crippen molar-refractivity contribution in [2.75, 3.05) is 26.2 Å². The van der Waals surface area contributed by atoms with Crippen LogP contribution in [0.4, 0.5) is 0 Å². The molecular weight excluding hydrogens is 220 g/mol. The van der Waals surface area contributed by atoms with E-state index in [1.807, 2.05) is 0 Å².